The van der Waals surface area contributed by atoms with Crippen LogP contribution in [0.3, 0.4) is 0 Å². The first-order valence-corrected chi connectivity index (χ1v) is 6.12. The van der Waals surface area contributed by atoms with E-state index in [0.29, 0.717) is 0 Å². The van der Waals surface area contributed by atoms with E-state index >= 15 is 0 Å². The van der Waals surface area contributed by atoms with Crippen LogP contribution in [0, 0.1) is 0 Å². The van der Waals surface area contributed by atoms with Gasteiger partial charge in [-0.3, -0.25) is 0 Å². The summed E-state index contributed by atoms with van der Waals surface area (Å²) >= 11 is 1.64. The van der Waals surface area contributed by atoms with Gasteiger partial charge in [-0.25, -0.2) is 8.61 Å². The molecule has 5 heteroatoms. The average molecular weight is 252 g/mol. The van der Waals surface area contributed by atoms with Crippen molar-refractivity contribution in [2.24, 2.45) is 0 Å². The molecule has 0 unspecified atom stereocenters. The minimum Gasteiger partial charge on any atom is -0.468 e. The van der Waals surface area contributed by atoms with Gasteiger partial charge in [-0.2, -0.15) is 0 Å². The molecule has 0 aromatic carbocycles. The van der Waals surface area contributed by atoms with Crippen LogP contribution >= 0.6 is 12.1 Å². The molecule has 0 fully saturated rings. The van der Waals surface area contributed by atoms with Crippen LogP contribution in [0.15, 0.2) is 45.6 Å². The van der Waals surface area contributed by atoms with Gasteiger partial charge in [0.2, 0.25) is 0 Å². The normalized spacial score (nSPS) is 11.5. The Bertz CT molecular complexity index is 375. The van der Waals surface area contributed by atoms with E-state index < -0.39 is 0 Å². The summed E-state index contributed by atoms with van der Waals surface area (Å²) in [5.74, 6) is 1.90. The second-order valence-corrected chi connectivity index (χ2v) is 5.26. The fourth-order valence-corrected chi connectivity index (χ4v) is 2.33. The smallest absolute Gasteiger partial charge is 0.118 e. The average Bonchev–Trinajstić information content (AvgIpc) is 2.89. The maximum absolute atomic E-state index is 5.36. The van der Waals surface area contributed by atoms with Crippen LogP contribution in [0.2, 0.25) is 0 Å². The Hall–Kier alpha value is -1.17. The standard InChI is InChI=1S/C12H16N2O2S/c1-13(2)17-14(9-11-5-3-7-15-11)10-12-6-4-8-16-12/h3-8H,9-10H2,1-2H3. The highest BCUT2D eigenvalue weighted by molar-refractivity contribution is 7.94. The summed E-state index contributed by atoms with van der Waals surface area (Å²) in [4.78, 5) is 0. The molecule has 0 atom stereocenters. The van der Waals surface area contributed by atoms with Gasteiger partial charge in [-0.1, -0.05) is 0 Å². The van der Waals surface area contributed by atoms with Crippen molar-refractivity contribution in [1.29, 1.82) is 0 Å². The van der Waals surface area contributed by atoms with E-state index in [1.807, 2.05) is 42.7 Å². The van der Waals surface area contributed by atoms with Crippen molar-refractivity contribution >= 4 is 12.1 Å². The van der Waals surface area contributed by atoms with Gasteiger partial charge in [0, 0.05) is 12.1 Å². The van der Waals surface area contributed by atoms with E-state index in [9.17, 15) is 0 Å². The predicted octanol–water partition coefficient (Wildman–Crippen LogP) is 3.00. The van der Waals surface area contributed by atoms with Gasteiger partial charge < -0.3 is 8.83 Å². The van der Waals surface area contributed by atoms with E-state index in [1.54, 1.807) is 24.7 Å². The van der Waals surface area contributed by atoms with Crippen molar-refractivity contribution in [2.45, 2.75) is 13.1 Å². The molecule has 2 heterocycles. The van der Waals surface area contributed by atoms with Gasteiger partial charge in [-0.15, -0.1) is 0 Å². The van der Waals surface area contributed by atoms with Crippen LogP contribution in [-0.4, -0.2) is 22.7 Å². The summed E-state index contributed by atoms with van der Waals surface area (Å²) in [5, 5.41) is 0. The number of hydrogen-bond donors (Lipinski definition) is 0. The lowest BCUT2D eigenvalue weighted by Gasteiger charge is -2.21. The van der Waals surface area contributed by atoms with Crippen LogP contribution in [0.4, 0.5) is 0 Å². The molecule has 0 saturated heterocycles. The Kier molecular flexibility index (Phi) is 4.30. The van der Waals surface area contributed by atoms with Crippen molar-refractivity contribution in [1.82, 2.24) is 8.61 Å². The number of nitrogens with zero attached hydrogens (tertiary/aromatic N) is 2. The zero-order valence-electron chi connectivity index (χ0n) is 10.00. The van der Waals surface area contributed by atoms with Gasteiger partial charge >= 0.3 is 0 Å². The molecule has 4 nitrogen and oxygen atoms in total. The van der Waals surface area contributed by atoms with Crippen molar-refractivity contribution in [3.8, 4) is 0 Å². The molecule has 0 aliphatic carbocycles. The lowest BCUT2D eigenvalue weighted by atomic mass is 10.4. The van der Waals surface area contributed by atoms with Gasteiger partial charge in [0.25, 0.3) is 0 Å². The van der Waals surface area contributed by atoms with Crippen molar-refractivity contribution < 1.29 is 8.83 Å². The highest BCUT2D eigenvalue weighted by Crippen LogP contribution is 2.20. The third kappa shape index (κ3) is 3.96. The van der Waals surface area contributed by atoms with Crippen LogP contribution in [0.25, 0.3) is 0 Å². The Labute approximate surface area is 105 Å². The molecule has 0 spiro atoms. The number of hydrogen-bond acceptors (Lipinski definition) is 5. The van der Waals surface area contributed by atoms with Crippen LogP contribution in [0.1, 0.15) is 11.5 Å². The molecule has 0 aliphatic rings. The third-order valence-electron chi connectivity index (χ3n) is 2.10. The quantitative estimate of drug-likeness (QED) is 0.738. The molecule has 0 saturated carbocycles. The maximum atomic E-state index is 5.36. The fraction of sp³-hybridized carbons (Fsp3) is 0.333. The predicted molar refractivity (Wildman–Crippen MR) is 67.9 cm³/mol. The van der Waals surface area contributed by atoms with Crippen molar-refractivity contribution in [3.63, 3.8) is 0 Å². The Balaban J connectivity index is 1.97. The SMILES string of the molecule is CN(C)SN(Cc1ccco1)Cc1ccco1. The first-order chi connectivity index (χ1) is 8.24. The fourth-order valence-electron chi connectivity index (χ4n) is 1.50. The summed E-state index contributed by atoms with van der Waals surface area (Å²) in [7, 11) is 4.03. The highest BCUT2D eigenvalue weighted by Gasteiger charge is 2.12. The molecule has 2 aromatic rings. The molecule has 2 aromatic heterocycles. The molecule has 0 aliphatic heterocycles. The molecule has 2 rings (SSSR count). The molecule has 0 bridgehead atoms. The molecule has 0 N–H and O–H groups in total. The summed E-state index contributed by atoms with van der Waals surface area (Å²) in [6.45, 7) is 1.49. The van der Waals surface area contributed by atoms with Crippen molar-refractivity contribution in [2.75, 3.05) is 14.1 Å². The minimum absolute atomic E-state index is 0.747. The summed E-state index contributed by atoms with van der Waals surface area (Å²) in [6.07, 6.45) is 3.39. The molecular formula is C12H16N2O2S. The van der Waals surface area contributed by atoms with Gasteiger partial charge in [0.15, 0.2) is 0 Å². The number of furan rings is 2. The Morgan fingerprint density at radius 2 is 1.53 bits per heavy atom. The highest BCUT2D eigenvalue weighted by atomic mass is 32.2. The minimum atomic E-state index is 0.747. The molecule has 17 heavy (non-hydrogen) atoms. The third-order valence-corrected chi connectivity index (χ3v) is 2.92. The van der Waals surface area contributed by atoms with Crippen LogP contribution < -0.4 is 0 Å². The summed E-state index contributed by atoms with van der Waals surface area (Å²) in [6, 6.07) is 7.76. The number of rotatable bonds is 6. The van der Waals surface area contributed by atoms with Crippen LogP contribution in [0.5, 0.6) is 0 Å². The summed E-state index contributed by atoms with van der Waals surface area (Å²) < 4.78 is 14.9. The molecule has 92 valence electrons. The van der Waals surface area contributed by atoms with Crippen LogP contribution in [-0.2, 0) is 13.1 Å². The van der Waals surface area contributed by atoms with E-state index in [0.717, 1.165) is 24.6 Å². The lowest BCUT2D eigenvalue weighted by Crippen LogP contribution is -2.19. The molecule has 0 radical (unpaired) electrons. The topological polar surface area (TPSA) is 32.8 Å². The zero-order valence-corrected chi connectivity index (χ0v) is 10.8. The Morgan fingerprint density at radius 1 is 1.00 bits per heavy atom. The van der Waals surface area contributed by atoms with E-state index in [-0.39, 0.29) is 0 Å². The van der Waals surface area contributed by atoms with Crippen molar-refractivity contribution in [3.05, 3.63) is 48.3 Å². The van der Waals surface area contributed by atoms with E-state index in [4.69, 9.17) is 8.83 Å². The first-order valence-electron chi connectivity index (χ1n) is 5.39. The summed E-state index contributed by atoms with van der Waals surface area (Å²) in [5.41, 5.74) is 0. The second kappa shape index (κ2) is 5.95. The first kappa shape index (κ1) is 12.3. The lowest BCUT2D eigenvalue weighted by molar-refractivity contribution is 0.350. The maximum Gasteiger partial charge on any atom is 0.118 e. The molecule has 0 amide bonds. The van der Waals surface area contributed by atoms with Gasteiger partial charge in [0.1, 0.15) is 11.5 Å². The monoisotopic (exact) mass is 252 g/mol. The van der Waals surface area contributed by atoms with Gasteiger partial charge in [0.05, 0.1) is 25.6 Å². The van der Waals surface area contributed by atoms with Gasteiger partial charge in [-0.05, 0) is 38.4 Å². The van der Waals surface area contributed by atoms with E-state index in [1.165, 1.54) is 0 Å². The largest absolute Gasteiger partial charge is 0.468 e. The molecular weight excluding hydrogens is 236 g/mol. The second-order valence-electron chi connectivity index (χ2n) is 3.85. The van der Waals surface area contributed by atoms with E-state index in [2.05, 4.69) is 4.31 Å². The Morgan fingerprint density at radius 3 is 1.88 bits per heavy atom. The zero-order chi connectivity index (χ0) is 12.1.